The molecule has 1 unspecified atom stereocenters. The highest BCUT2D eigenvalue weighted by atomic mass is 35.5. The lowest BCUT2D eigenvalue weighted by molar-refractivity contribution is 0.405. The molecule has 1 aromatic rings. The molecular formula is C12H17Cl2NO. The lowest BCUT2D eigenvalue weighted by atomic mass is 10.1. The Labute approximate surface area is 107 Å². The van der Waals surface area contributed by atoms with E-state index in [0.717, 1.165) is 29.3 Å². The normalized spacial score (nSPS) is 12.5. The SMILES string of the molecule is CCC(CCl)NCc1cc(Cl)ccc1OC. The van der Waals surface area contributed by atoms with Crippen LogP contribution in [-0.2, 0) is 6.54 Å². The van der Waals surface area contributed by atoms with E-state index in [0.29, 0.717) is 11.9 Å². The first-order valence-corrected chi connectivity index (χ1v) is 6.24. The molecule has 0 aliphatic heterocycles. The van der Waals surface area contributed by atoms with E-state index in [9.17, 15) is 0 Å². The second-order valence-electron chi connectivity index (χ2n) is 3.60. The zero-order valence-corrected chi connectivity index (χ0v) is 11.1. The number of hydrogen-bond donors (Lipinski definition) is 1. The standard InChI is InChI=1S/C12H17Cl2NO/c1-3-11(7-13)15-8-9-6-10(14)4-5-12(9)16-2/h4-6,11,15H,3,7-8H2,1-2H3. The highest BCUT2D eigenvalue weighted by Crippen LogP contribution is 2.22. The fourth-order valence-corrected chi connectivity index (χ4v) is 1.97. The summed E-state index contributed by atoms with van der Waals surface area (Å²) in [7, 11) is 1.66. The van der Waals surface area contributed by atoms with Crippen LogP contribution in [0.4, 0.5) is 0 Å². The van der Waals surface area contributed by atoms with Crippen molar-refractivity contribution in [3.63, 3.8) is 0 Å². The monoisotopic (exact) mass is 261 g/mol. The lowest BCUT2D eigenvalue weighted by Crippen LogP contribution is -2.29. The van der Waals surface area contributed by atoms with Gasteiger partial charge in [-0.05, 0) is 24.6 Å². The second kappa shape index (κ2) is 7.00. The van der Waals surface area contributed by atoms with Crippen LogP contribution in [0.1, 0.15) is 18.9 Å². The molecule has 1 atom stereocenters. The van der Waals surface area contributed by atoms with Gasteiger partial charge in [0.15, 0.2) is 0 Å². The average Bonchev–Trinajstić information content (AvgIpc) is 2.30. The molecule has 0 saturated heterocycles. The van der Waals surface area contributed by atoms with Crippen molar-refractivity contribution >= 4 is 23.2 Å². The van der Waals surface area contributed by atoms with Crippen LogP contribution < -0.4 is 10.1 Å². The highest BCUT2D eigenvalue weighted by molar-refractivity contribution is 6.30. The molecule has 0 spiro atoms. The first kappa shape index (κ1) is 13.6. The third kappa shape index (κ3) is 3.85. The maximum Gasteiger partial charge on any atom is 0.123 e. The molecule has 1 rings (SSSR count). The Balaban J connectivity index is 2.68. The van der Waals surface area contributed by atoms with Crippen molar-refractivity contribution in [1.29, 1.82) is 0 Å². The molecule has 2 nitrogen and oxygen atoms in total. The summed E-state index contributed by atoms with van der Waals surface area (Å²) in [6.07, 6.45) is 1.01. The van der Waals surface area contributed by atoms with Crippen molar-refractivity contribution in [2.45, 2.75) is 25.9 Å². The van der Waals surface area contributed by atoms with Crippen LogP contribution in [0, 0.1) is 0 Å². The van der Waals surface area contributed by atoms with Crippen LogP contribution in [0.25, 0.3) is 0 Å². The number of methoxy groups -OCH3 is 1. The van der Waals surface area contributed by atoms with Gasteiger partial charge in [0.1, 0.15) is 5.75 Å². The van der Waals surface area contributed by atoms with E-state index in [1.165, 1.54) is 0 Å². The predicted molar refractivity (Wildman–Crippen MR) is 69.6 cm³/mol. The molecule has 0 aromatic heterocycles. The largest absolute Gasteiger partial charge is 0.496 e. The maximum absolute atomic E-state index is 5.95. The number of ether oxygens (including phenoxy) is 1. The van der Waals surface area contributed by atoms with E-state index in [2.05, 4.69) is 12.2 Å². The quantitative estimate of drug-likeness (QED) is 0.793. The van der Waals surface area contributed by atoms with Gasteiger partial charge < -0.3 is 10.1 Å². The third-order valence-corrected chi connectivity index (χ3v) is 3.11. The van der Waals surface area contributed by atoms with Crippen LogP contribution in [0.5, 0.6) is 5.75 Å². The van der Waals surface area contributed by atoms with E-state index in [1.54, 1.807) is 7.11 Å². The van der Waals surface area contributed by atoms with Crippen molar-refractivity contribution in [3.8, 4) is 5.75 Å². The minimum atomic E-state index is 0.324. The number of hydrogen-bond acceptors (Lipinski definition) is 2. The molecule has 0 radical (unpaired) electrons. The summed E-state index contributed by atoms with van der Waals surface area (Å²) in [6.45, 7) is 2.82. The summed E-state index contributed by atoms with van der Waals surface area (Å²) in [5.74, 6) is 1.46. The molecule has 0 aliphatic rings. The lowest BCUT2D eigenvalue weighted by Gasteiger charge is -2.15. The summed E-state index contributed by atoms with van der Waals surface area (Å²) in [5.41, 5.74) is 1.05. The maximum atomic E-state index is 5.95. The summed E-state index contributed by atoms with van der Waals surface area (Å²) in [5, 5.41) is 4.09. The van der Waals surface area contributed by atoms with Gasteiger partial charge in [-0.2, -0.15) is 0 Å². The average molecular weight is 262 g/mol. The van der Waals surface area contributed by atoms with Crippen LogP contribution >= 0.6 is 23.2 Å². The summed E-state index contributed by atoms with van der Waals surface area (Å²) in [6, 6.07) is 5.93. The molecule has 90 valence electrons. The topological polar surface area (TPSA) is 21.3 Å². The van der Waals surface area contributed by atoms with Gasteiger partial charge in [0.2, 0.25) is 0 Å². The van der Waals surface area contributed by atoms with Crippen molar-refractivity contribution in [1.82, 2.24) is 5.32 Å². The Morgan fingerprint density at radius 3 is 2.75 bits per heavy atom. The van der Waals surface area contributed by atoms with Gasteiger partial charge in [-0.1, -0.05) is 18.5 Å². The molecule has 0 saturated carbocycles. The van der Waals surface area contributed by atoms with Gasteiger partial charge in [0, 0.05) is 29.1 Å². The van der Waals surface area contributed by atoms with E-state index >= 15 is 0 Å². The second-order valence-corrected chi connectivity index (χ2v) is 4.34. The summed E-state index contributed by atoms with van der Waals surface area (Å²) in [4.78, 5) is 0. The van der Waals surface area contributed by atoms with Gasteiger partial charge in [-0.15, -0.1) is 11.6 Å². The fraction of sp³-hybridized carbons (Fsp3) is 0.500. The predicted octanol–water partition coefficient (Wildman–Crippen LogP) is 3.46. The molecule has 16 heavy (non-hydrogen) atoms. The zero-order chi connectivity index (χ0) is 12.0. The van der Waals surface area contributed by atoms with Crippen LogP contribution in [-0.4, -0.2) is 19.0 Å². The van der Waals surface area contributed by atoms with E-state index in [-0.39, 0.29) is 0 Å². The number of halogens is 2. The Bertz CT molecular complexity index is 327. The number of alkyl halides is 1. The fourth-order valence-electron chi connectivity index (χ4n) is 1.45. The van der Waals surface area contributed by atoms with Gasteiger partial charge in [-0.3, -0.25) is 0 Å². The van der Waals surface area contributed by atoms with Crippen LogP contribution in [0.15, 0.2) is 18.2 Å². The molecule has 4 heteroatoms. The van der Waals surface area contributed by atoms with Gasteiger partial charge in [0.05, 0.1) is 7.11 Å². The van der Waals surface area contributed by atoms with E-state index in [4.69, 9.17) is 27.9 Å². The zero-order valence-electron chi connectivity index (χ0n) is 9.59. The Kier molecular flexibility index (Phi) is 5.96. The smallest absolute Gasteiger partial charge is 0.123 e. The van der Waals surface area contributed by atoms with Gasteiger partial charge in [-0.25, -0.2) is 0 Å². The van der Waals surface area contributed by atoms with Crippen LogP contribution in [0.3, 0.4) is 0 Å². The van der Waals surface area contributed by atoms with Crippen molar-refractivity contribution in [2.24, 2.45) is 0 Å². The minimum Gasteiger partial charge on any atom is -0.496 e. The number of rotatable bonds is 6. The van der Waals surface area contributed by atoms with Gasteiger partial charge >= 0.3 is 0 Å². The summed E-state index contributed by atoms with van der Waals surface area (Å²) >= 11 is 11.8. The minimum absolute atomic E-state index is 0.324. The first-order valence-electron chi connectivity index (χ1n) is 5.33. The number of nitrogens with one attached hydrogen (secondary N) is 1. The molecule has 0 aliphatic carbocycles. The molecular weight excluding hydrogens is 245 g/mol. The molecule has 1 N–H and O–H groups in total. The van der Waals surface area contributed by atoms with Crippen molar-refractivity contribution in [2.75, 3.05) is 13.0 Å². The van der Waals surface area contributed by atoms with Gasteiger partial charge in [0.25, 0.3) is 0 Å². The van der Waals surface area contributed by atoms with Crippen LogP contribution in [0.2, 0.25) is 5.02 Å². The Morgan fingerprint density at radius 1 is 1.44 bits per heavy atom. The summed E-state index contributed by atoms with van der Waals surface area (Å²) < 4.78 is 5.27. The molecule has 0 heterocycles. The third-order valence-electron chi connectivity index (χ3n) is 2.50. The molecule has 0 amide bonds. The van der Waals surface area contributed by atoms with E-state index < -0.39 is 0 Å². The highest BCUT2D eigenvalue weighted by Gasteiger charge is 2.07. The molecule has 1 aromatic carbocycles. The van der Waals surface area contributed by atoms with E-state index in [1.807, 2.05) is 18.2 Å². The number of benzene rings is 1. The van der Waals surface area contributed by atoms with Crippen molar-refractivity contribution in [3.05, 3.63) is 28.8 Å². The van der Waals surface area contributed by atoms with Crippen molar-refractivity contribution < 1.29 is 4.74 Å². The first-order chi connectivity index (χ1) is 7.71. The Hall–Kier alpha value is -0.440. The molecule has 0 fully saturated rings. The molecule has 0 bridgehead atoms. The Morgan fingerprint density at radius 2 is 2.19 bits per heavy atom.